The first kappa shape index (κ1) is 12.1. The molecule has 0 saturated heterocycles. The number of carbonyl (C=O) groups excluding carboxylic acids is 1. The molecule has 0 spiro atoms. The number of amides is 1. The summed E-state index contributed by atoms with van der Waals surface area (Å²) in [5.41, 5.74) is 4.42. The highest BCUT2D eigenvalue weighted by Crippen LogP contribution is 2.17. The van der Waals surface area contributed by atoms with Gasteiger partial charge in [0.25, 0.3) is 0 Å². The van der Waals surface area contributed by atoms with E-state index in [1.165, 1.54) is 5.56 Å². The van der Waals surface area contributed by atoms with Crippen LogP contribution in [0.25, 0.3) is 0 Å². The zero-order valence-corrected chi connectivity index (χ0v) is 9.80. The van der Waals surface area contributed by atoms with E-state index in [4.69, 9.17) is 5.84 Å². The molecular weight excluding hydrogens is 208 g/mol. The van der Waals surface area contributed by atoms with Crippen LogP contribution in [-0.4, -0.2) is 12.2 Å². The Balaban J connectivity index is 2.75. The van der Waals surface area contributed by atoms with Gasteiger partial charge >= 0.3 is 0 Å². The van der Waals surface area contributed by atoms with E-state index < -0.39 is 0 Å². The van der Waals surface area contributed by atoms with E-state index >= 15 is 0 Å². The molecule has 4 heteroatoms. The fourth-order valence-electron chi connectivity index (χ4n) is 1.35. The van der Waals surface area contributed by atoms with E-state index in [9.17, 15) is 4.79 Å². The molecule has 0 aliphatic heterocycles. The van der Waals surface area contributed by atoms with Crippen molar-refractivity contribution < 1.29 is 4.79 Å². The van der Waals surface area contributed by atoms with E-state index in [2.05, 4.69) is 11.7 Å². The van der Waals surface area contributed by atoms with Gasteiger partial charge < -0.3 is 0 Å². The van der Waals surface area contributed by atoms with Gasteiger partial charge in [0.05, 0.1) is 5.92 Å². The lowest BCUT2D eigenvalue weighted by molar-refractivity contribution is -0.122. The van der Waals surface area contributed by atoms with E-state index in [1.54, 1.807) is 11.8 Å². The molecule has 3 nitrogen and oxygen atoms in total. The number of thioether (sulfide) groups is 1. The second kappa shape index (κ2) is 5.78. The van der Waals surface area contributed by atoms with Crippen molar-refractivity contribution in [3.63, 3.8) is 0 Å². The van der Waals surface area contributed by atoms with Crippen molar-refractivity contribution in [3.8, 4) is 0 Å². The molecule has 1 aromatic carbocycles. The van der Waals surface area contributed by atoms with E-state index in [-0.39, 0.29) is 11.8 Å². The van der Waals surface area contributed by atoms with Gasteiger partial charge in [-0.2, -0.15) is 11.8 Å². The predicted octanol–water partition coefficient (Wildman–Crippen LogP) is 1.64. The lowest BCUT2D eigenvalue weighted by Crippen LogP contribution is -2.33. The fraction of sp³-hybridized carbons (Fsp3) is 0.364. The first-order valence-corrected chi connectivity index (χ1v) is 6.16. The number of hydrogen-bond acceptors (Lipinski definition) is 3. The molecule has 0 aliphatic rings. The zero-order valence-electron chi connectivity index (χ0n) is 8.99. The van der Waals surface area contributed by atoms with Crippen LogP contribution in [0.4, 0.5) is 0 Å². The maximum absolute atomic E-state index is 11.3. The minimum atomic E-state index is -0.196. The molecule has 1 unspecified atom stereocenters. The fourth-order valence-corrected chi connectivity index (χ4v) is 1.87. The molecule has 82 valence electrons. The summed E-state index contributed by atoms with van der Waals surface area (Å²) in [5.74, 6) is 5.73. The minimum Gasteiger partial charge on any atom is -0.294 e. The Bertz CT molecular complexity index is 324. The third-order valence-corrected chi connectivity index (χ3v) is 2.95. The van der Waals surface area contributed by atoms with Crippen molar-refractivity contribution >= 4 is 17.7 Å². The summed E-state index contributed by atoms with van der Waals surface area (Å²) in [6, 6.07) is 8.05. The molecule has 0 saturated carbocycles. The van der Waals surface area contributed by atoms with Crippen molar-refractivity contribution in [2.75, 3.05) is 6.26 Å². The Labute approximate surface area is 94.4 Å². The van der Waals surface area contributed by atoms with Crippen molar-refractivity contribution in [1.82, 2.24) is 5.43 Å². The number of nitrogens with two attached hydrogens (primary N) is 1. The van der Waals surface area contributed by atoms with Crippen LogP contribution < -0.4 is 11.3 Å². The van der Waals surface area contributed by atoms with E-state index in [1.807, 2.05) is 31.2 Å². The van der Waals surface area contributed by atoms with Crippen molar-refractivity contribution in [2.24, 2.45) is 5.84 Å². The molecule has 0 fully saturated rings. The number of nitrogens with one attached hydrogen (secondary N) is 1. The van der Waals surface area contributed by atoms with Gasteiger partial charge in [0.2, 0.25) is 5.91 Å². The summed E-state index contributed by atoms with van der Waals surface area (Å²) < 4.78 is 0. The van der Waals surface area contributed by atoms with Crippen LogP contribution in [0.3, 0.4) is 0 Å². The summed E-state index contributed by atoms with van der Waals surface area (Å²) in [4.78, 5) is 11.3. The summed E-state index contributed by atoms with van der Waals surface area (Å²) >= 11 is 1.78. The molecular formula is C11H16N2OS. The third-order valence-electron chi connectivity index (χ3n) is 2.33. The van der Waals surface area contributed by atoms with Gasteiger partial charge in [0.15, 0.2) is 0 Å². The van der Waals surface area contributed by atoms with Gasteiger partial charge in [-0.3, -0.25) is 10.2 Å². The molecule has 3 N–H and O–H groups in total. The topological polar surface area (TPSA) is 55.1 Å². The molecule has 1 atom stereocenters. The SMILES string of the molecule is CSCc1ccc(C(C)C(=O)NN)cc1. The van der Waals surface area contributed by atoms with Gasteiger partial charge in [-0.25, -0.2) is 5.84 Å². The lowest BCUT2D eigenvalue weighted by Gasteiger charge is -2.10. The van der Waals surface area contributed by atoms with Crippen LogP contribution in [0.1, 0.15) is 24.0 Å². The Morgan fingerprint density at radius 1 is 1.47 bits per heavy atom. The largest absolute Gasteiger partial charge is 0.294 e. The molecule has 0 heterocycles. The number of benzene rings is 1. The van der Waals surface area contributed by atoms with Crippen molar-refractivity contribution in [2.45, 2.75) is 18.6 Å². The molecule has 15 heavy (non-hydrogen) atoms. The quantitative estimate of drug-likeness (QED) is 0.464. The maximum Gasteiger partial charge on any atom is 0.241 e. The maximum atomic E-state index is 11.3. The third kappa shape index (κ3) is 3.25. The minimum absolute atomic E-state index is 0.160. The first-order chi connectivity index (χ1) is 7.19. The summed E-state index contributed by atoms with van der Waals surface area (Å²) in [5, 5.41) is 0. The summed E-state index contributed by atoms with van der Waals surface area (Å²) in [6.07, 6.45) is 2.07. The molecule has 0 bridgehead atoms. The number of carbonyl (C=O) groups is 1. The van der Waals surface area contributed by atoms with Crippen LogP contribution in [0.2, 0.25) is 0 Å². The Morgan fingerprint density at radius 2 is 2.07 bits per heavy atom. The normalized spacial score (nSPS) is 12.2. The van der Waals surface area contributed by atoms with Gasteiger partial charge in [0, 0.05) is 5.75 Å². The van der Waals surface area contributed by atoms with Crippen molar-refractivity contribution in [3.05, 3.63) is 35.4 Å². The second-order valence-corrected chi connectivity index (χ2v) is 4.27. The zero-order chi connectivity index (χ0) is 11.3. The van der Waals surface area contributed by atoms with Crippen LogP contribution >= 0.6 is 11.8 Å². The van der Waals surface area contributed by atoms with Crippen molar-refractivity contribution in [1.29, 1.82) is 0 Å². The van der Waals surface area contributed by atoms with E-state index in [0.717, 1.165) is 11.3 Å². The molecule has 1 rings (SSSR count). The Hall–Kier alpha value is -1.00. The predicted molar refractivity (Wildman–Crippen MR) is 64.4 cm³/mol. The van der Waals surface area contributed by atoms with Crippen LogP contribution in [0, 0.1) is 0 Å². The average molecular weight is 224 g/mol. The second-order valence-electron chi connectivity index (χ2n) is 3.40. The molecule has 0 aliphatic carbocycles. The highest BCUT2D eigenvalue weighted by Gasteiger charge is 2.13. The van der Waals surface area contributed by atoms with Gasteiger partial charge in [-0.15, -0.1) is 0 Å². The highest BCUT2D eigenvalue weighted by molar-refractivity contribution is 7.97. The molecule has 0 aromatic heterocycles. The van der Waals surface area contributed by atoms with Gasteiger partial charge in [-0.1, -0.05) is 24.3 Å². The molecule has 1 amide bonds. The highest BCUT2D eigenvalue weighted by atomic mass is 32.2. The van der Waals surface area contributed by atoms with E-state index in [0.29, 0.717) is 0 Å². The van der Waals surface area contributed by atoms with Crippen LogP contribution in [-0.2, 0) is 10.5 Å². The average Bonchev–Trinajstić information content (AvgIpc) is 2.28. The van der Waals surface area contributed by atoms with Crippen LogP contribution in [0.15, 0.2) is 24.3 Å². The van der Waals surface area contributed by atoms with Crippen LogP contribution in [0.5, 0.6) is 0 Å². The lowest BCUT2D eigenvalue weighted by atomic mass is 10.00. The van der Waals surface area contributed by atoms with Gasteiger partial charge in [-0.05, 0) is 24.3 Å². The standard InChI is InChI=1S/C11H16N2OS/c1-8(11(14)13-12)10-5-3-9(4-6-10)7-15-2/h3-6,8H,7,12H2,1-2H3,(H,13,14). The first-order valence-electron chi connectivity index (χ1n) is 4.77. The summed E-state index contributed by atoms with van der Waals surface area (Å²) in [6.45, 7) is 1.84. The number of hydrazine groups is 1. The van der Waals surface area contributed by atoms with Gasteiger partial charge in [0.1, 0.15) is 0 Å². The summed E-state index contributed by atoms with van der Waals surface area (Å²) in [7, 11) is 0. The number of rotatable bonds is 4. The monoisotopic (exact) mass is 224 g/mol. The Morgan fingerprint density at radius 3 is 2.53 bits per heavy atom. The molecule has 0 radical (unpaired) electrons. The smallest absolute Gasteiger partial charge is 0.241 e. The molecule has 1 aromatic rings. The number of hydrogen-bond donors (Lipinski definition) is 2. The Kier molecular flexibility index (Phi) is 4.65.